The fourth-order valence-electron chi connectivity index (χ4n) is 1.48. The van der Waals surface area contributed by atoms with Crippen molar-refractivity contribution in [3.8, 4) is 0 Å². The van der Waals surface area contributed by atoms with Gasteiger partial charge in [-0.2, -0.15) is 13.2 Å². The Morgan fingerprint density at radius 3 is 2.72 bits per heavy atom. The number of rotatable bonds is 3. The van der Waals surface area contributed by atoms with Crippen molar-refractivity contribution in [3.05, 3.63) is 18.0 Å². The molecule has 0 amide bonds. The lowest BCUT2D eigenvalue weighted by Gasteiger charge is -2.12. The van der Waals surface area contributed by atoms with Gasteiger partial charge in [-0.3, -0.25) is 0 Å². The molecular formula is C10H11F3N4O. The number of aliphatic hydroxyl groups excluding tert-OH is 1. The highest BCUT2D eigenvalue weighted by atomic mass is 19.4. The summed E-state index contributed by atoms with van der Waals surface area (Å²) in [4.78, 5) is 10.7. The van der Waals surface area contributed by atoms with Crippen molar-refractivity contribution in [2.45, 2.75) is 18.7 Å². The molecule has 2 aromatic rings. The second-order valence-electron chi connectivity index (χ2n) is 3.76. The lowest BCUT2D eigenvalue weighted by atomic mass is 10.2. The number of hydrogen-bond acceptors (Lipinski definition) is 4. The summed E-state index contributed by atoms with van der Waals surface area (Å²) in [5.41, 5.74) is 0.838. The summed E-state index contributed by atoms with van der Waals surface area (Å²) in [6.07, 6.45) is -7.70. The fraction of sp³-hybridized carbons (Fsp3) is 0.400. The monoisotopic (exact) mass is 260 g/mol. The summed E-state index contributed by atoms with van der Waals surface area (Å²) in [6.45, 7) is 0. The molecule has 18 heavy (non-hydrogen) atoms. The molecule has 3 N–H and O–H groups in total. The average molecular weight is 260 g/mol. The number of nitrogens with one attached hydrogen (secondary N) is 2. The van der Waals surface area contributed by atoms with Gasteiger partial charge >= 0.3 is 6.18 Å². The van der Waals surface area contributed by atoms with E-state index in [0.29, 0.717) is 17.0 Å². The second-order valence-corrected chi connectivity index (χ2v) is 3.76. The maximum absolute atomic E-state index is 12.2. The van der Waals surface area contributed by atoms with Gasteiger partial charge in [0, 0.05) is 13.5 Å². The topological polar surface area (TPSA) is 73.8 Å². The van der Waals surface area contributed by atoms with Crippen LogP contribution in [0.3, 0.4) is 0 Å². The first-order chi connectivity index (χ1) is 8.40. The fourth-order valence-corrected chi connectivity index (χ4v) is 1.48. The third-order valence-electron chi connectivity index (χ3n) is 2.42. The first-order valence-electron chi connectivity index (χ1n) is 5.18. The molecule has 1 atom stereocenters. The molecule has 8 heteroatoms. The Morgan fingerprint density at radius 1 is 1.39 bits per heavy atom. The summed E-state index contributed by atoms with van der Waals surface area (Å²) < 4.78 is 36.6. The summed E-state index contributed by atoms with van der Waals surface area (Å²) in [6, 6.07) is 3.33. The smallest absolute Gasteiger partial charge is 0.383 e. The van der Waals surface area contributed by atoms with Gasteiger partial charge in [0.2, 0.25) is 0 Å². The SMILES string of the molecule is CNc1ccc2[nH]c(CC(O)C(F)(F)F)nc2n1. The predicted octanol–water partition coefficient (Wildman–Crippen LogP) is 1.47. The van der Waals surface area contributed by atoms with Gasteiger partial charge in [-0.15, -0.1) is 0 Å². The van der Waals surface area contributed by atoms with Crippen LogP contribution in [0.5, 0.6) is 0 Å². The van der Waals surface area contributed by atoms with Crippen molar-refractivity contribution in [1.29, 1.82) is 0 Å². The molecule has 1 unspecified atom stereocenters. The van der Waals surface area contributed by atoms with Gasteiger partial charge < -0.3 is 15.4 Å². The summed E-state index contributed by atoms with van der Waals surface area (Å²) in [7, 11) is 1.68. The molecule has 0 aliphatic rings. The zero-order chi connectivity index (χ0) is 13.3. The van der Waals surface area contributed by atoms with E-state index in [-0.39, 0.29) is 5.82 Å². The number of halogens is 3. The highest BCUT2D eigenvalue weighted by Crippen LogP contribution is 2.23. The van der Waals surface area contributed by atoms with Gasteiger partial charge in [0.25, 0.3) is 0 Å². The number of pyridine rings is 1. The van der Waals surface area contributed by atoms with E-state index in [4.69, 9.17) is 5.11 Å². The normalized spacial score (nSPS) is 13.8. The molecule has 5 nitrogen and oxygen atoms in total. The third kappa shape index (κ3) is 2.53. The summed E-state index contributed by atoms with van der Waals surface area (Å²) in [5, 5.41) is 11.7. The Balaban J connectivity index is 2.25. The largest absolute Gasteiger partial charge is 0.414 e. The van der Waals surface area contributed by atoms with Crippen molar-refractivity contribution in [1.82, 2.24) is 15.0 Å². The number of aromatic amines is 1. The first-order valence-corrected chi connectivity index (χ1v) is 5.18. The summed E-state index contributed by atoms with van der Waals surface area (Å²) >= 11 is 0. The molecule has 0 saturated carbocycles. The zero-order valence-electron chi connectivity index (χ0n) is 9.41. The molecule has 0 bridgehead atoms. The van der Waals surface area contributed by atoms with Crippen LogP contribution < -0.4 is 5.32 Å². The Hall–Kier alpha value is -1.83. The Morgan fingerprint density at radius 2 is 2.11 bits per heavy atom. The Kier molecular flexibility index (Phi) is 3.12. The van der Waals surface area contributed by atoms with Crippen LogP contribution in [0.15, 0.2) is 12.1 Å². The standard InChI is InChI=1S/C10H11F3N4O/c1-14-7-3-2-5-9(16-7)17-8(15-5)4-6(18)10(11,12)13/h2-3,6,18H,4H2,1H3,(H2,14,15,16,17). The lowest BCUT2D eigenvalue weighted by Crippen LogP contribution is -2.30. The molecule has 0 saturated heterocycles. The number of anilines is 1. The number of aliphatic hydroxyl groups is 1. The Bertz CT molecular complexity index is 552. The molecule has 0 spiro atoms. The lowest BCUT2D eigenvalue weighted by molar-refractivity contribution is -0.203. The third-order valence-corrected chi connectivity index (χ3v) is 2.42. The second kappa shape index (κ2) is 4.45. The van der Waals surface area contributed by atoms with Crippen LogP contribution in [0.1, 0.15) is 5.82 Å². The van der Waals surface area contributed by atoms with Gasteiger partial charge in [-0.05, 0) is 12.1 Å². The predicted molar refractivity (Wildman–Crippen MR) is 59.2 cm³/mol. The van der Waals surface area contributed by atoms with E-state index in [9.17, 15) is 13.2 Å². The maximum atomic E-state index is 12.2. The number of alkyl halides is 3. The van der Waals surface area contributed by atoms with Crippen molar-refractivity contribution in [2.24, 2.45) is 0 Å². The van der Waals surface area contributed by atoms with Gasteiger partial charge in [-0.25, -0.2) is 9.97 Å². The van der Waals surface area contributed by atoms with Gasteiger partial charge in [0.15, 0.2) is 11.8 Å². The molecule has 2 aromatic heterocycles. The van der Waals surface area contributed by atoms with Crippen molar-refractivity contribution < 1.29 is 18.3 Å². The molecule has 2 heterocycles. The molecule has 98 valence electrons. The minimum atomic E-state index is -4.65. The van der Waals surface area contributed by atoms with Crippen LogP contribution in [0.2, 0.25) is 0 Å². The average Bonchev–Trinajstić information content (AvgIpc) is 2.68. The van der Waals surface area contributed by atoms with Gasteiger partial charge in [-0.1, -0.05) is 0 Å². The van der Waals surface area contributed by atoms with Crippen molar-refractivity contribution in [3.63, 3.8) is 0 Å². The maximum Gasteiger partial charge on any atom is 0.414 e. The van der Waals surface area contributed by atoms with Crippen molar-refractivity contribution in [2.75, 3.05) is 12.4 Å². The summed E-state index contributed by atoms with van der Waals surface area (Å²) in [5.74, 6) is 0.618. The van der Waals surface area contributed by atoms with E-state index in [1.165, 1.54) is 0 Å². The van der Waals surface area contributed by atoms with E-state index in [1.54, 1.807) is 19.2 Å². The van der Waals surface area contributed by atoms with E-state index < -0.39 is 18.7 Å². The minimum absolute atomic E-state index is 0.0515. The van der Waals surface area contributed by atoms with Crippen LogP contribution >= 0.6 is 0 Å². The van der Waals surface area contributed by atoms with Crippen LogP contribution in [-0.4, -0.2) is 39.4 Å². The van der Waals surface area contributed by atoms with E-state index in [0.717, 1.165) is 0 Å². The molecule has 0 aliphatic carbocycles. The van der Waals surface area contributed by atoms with Crippen molar-refractivity contribution >= 4 is 17.0 Å². The quantitative estimate of drug-likeness (QED) is 0.781. The highest BCUT2D eigenvalue weighted by Gasteiger charge is 2.38. The van der Waals surface area contributed by atoms with Crippen LogP contribution in [0.25, 0.3) is 11.2 Å². The van der Waals surface area contributed by atoms with Crippen LogP contribution in [0, 0.1) is 0 Å². The first kappa shape index (κ1) is 12.6. The number of aromatic nitrogens is 3. The molecule has 0 fully saturated rings. The zero-order valence-corrected chi connectivity index (χ0v) is 9.41. The number of H-pyrrole nitrogens is 1. The number of hydrogen-bond donors (Lipinski definition) is 3. The number of nitrogens with zero attached hydrogens (tertiary/aromatic N) is 2. The highest BCUT2D eigenvalue weighted by molar-refractivity contribution is 5.72. The van der Waals surface area contributed by atoms with E-state index in [2.05, 4.69) is 20.3 Å². The number of imidazole rings is 1. The van der Waals surface area contributed by atoms with E-state index in [1.807, 2.05) is 0 Å². The van der Waals surface area contributed by atoms with Gasteiger partial charge in [0.05, 0.1) is 5.52 Å². The molecule has 2 rings (SSSR count). The molecule has 0 radical (unpaired) electrons. The van der Waals surface area contributed by atoms with Gasteiger partial charge in [0.1, 0.15) is 11.6 Å². The molecule has 0 aliphatic heterocycles. The Labute approximate surface area is 100 Å². The van der Waals surface area contributed by atoms with E-state index >= 15 is 0 Å². The number of fused-ring (bicyclic) bond motifs is 1. The van der Waals surface area contributed by atoms with Crippen LogP contribution in [-0.2, 0) is 6.42 Å². The molecular weight excluding hydrogens is 249 g/mol. The van der Waals surface area contributed by atoms with Crippen LogP contribution in [0.4, 0.5) is 19.0 Å². The molecule has 0 aromatic carbocycles. The minimum Gasteiger partial charge on any atom is -0.383 e.